The van der Waals surface area contributed by atoms with Gasteiger partial charge in [-0.2, -0.15) is 18.3 Å². The Bertz CT molecular complexity index is 882. The number of nitro groups is 1. The molecule has 2 rings (SSSR count). The number of aliphatic carboxylic acids is 1. The summed E-state index contributed by atoms with van der Waals surface area (Å²) in [4.78, 5) is 30.6. The normalized spacial score (nSPS) is 10.7. The lowest BCUT2D eigenvalue weighted by atomic mass is 10.2. The molecule has 0 saturated carbocycles. The summed E-state index contributed by atoms with van der Waals surface area (Å²) < 4.78 is 31.7. The van der Waals surface area contributed by atoms with Crippen LogP contribution < -0.4 is 5.43 Å². The molecule has 0 unspecified atom stereocenters. The molecule has 0 aliphatic carbocycles. The highest BCUT2D eigenvalue weighted by molar-refractivity contribution is 5.97. The van der Waals surface area contributed by atoms with Gasteiger partial charge in [-0.15, -0.1) is 0 Å². The third kappa shape index (κ3) is 7.11. The Kier molecular flexibility index (Phi) is 7.62. The van der Waals surface area contributed by atoms with Crippen LogP contribution in [0.4, 0.5) is 18.9 Å². The van der Waals surface area contributed by atoms with Crippen LogP contribution in [0.5, 0.6) is 5.75 Å². The number of phenols is 1. The third-order valence-corrected chi connectivity index (χ3v) is 2.87. The molecule has 0 fully saturated rings. The number of hydrogen-bond acceptors (Lipinski definition) is 6. The van der Waals surface area contributed by atoms with E-state index in [1.54, 1.807) is 12.1 Å². The molecule has 0 aliphatic heterocycles. The number of carbonyl (C=O) groups is 2. The predicted molar refractivity (Wildman–Crippen MR) is 90.0 cm³/mol. The maximum absolute atomic E-state index is 11.7. The molecule has 1 amide bonds. The second-order valence-electron chi connectivity index (χ2n) is 4.87. The Labute approximate surface area is 154 Å². The molecule has 0 heterocycles. The van der Waals surface area contributed by atoms with Crippen molar-refractivity contribution in [3.63, 3.8) is 0 Å². The second kappa shape index (κ2) is 9.66. The average Bonchev–Trinajstić information content (AvgIpc) is 2.62. The number of hydrogen-bond donors (Lipinski definition) is 3. The van der Waals surface area contributed by atoms with Crippen molar-refractivity contribution in [2.24, 2.45) is 5.10 Å². The summed E-state index contributed by atoms with van der Waals surface area (Å²) in [7, 11) is 0. The van der Waals surface area contributed by atoms with Gasteiger partial charge in [0.05, 0.1) is 16.7 Å². The minimum Gasteiger partial charge on any atom is -0.507 e. The third-order valence-electron chi connectivity index (χ3n) is 2.87. The minimum absolute atomic E-state index is 0.0228. The summed E-state index contributed by atoms with van der Waals surface area (Å²) in [5.74, 6) is -3.45. The number of rotatable bonds is 4. The van der Waals surface area contributed by atoms with E-state index in [0.29, 0.717) is 5.56 Å². The SMILES string of the molecule is O=C(N/N=C/c1ccc([N+](=O)[O-])cc1)c1ccccc1O.O=C(O)C(F)(F)F. The molecule has 28 heavy (non-hydrogen) atoms. The highest BCUT2D eigenvalue weighted by Gasteiger charge is 2.38. The van der Waals surface area contributed by atoms with Crippen LogP contribution in [0.25, 0.3) is 0 Å². The van der Waals surface area contributed by atoms with E-state index in [-0.39, 0.29) is 17.0 Å². The van der Waals surface area contributed by atoms with Gasteiger partial charge in [0, 0.05) is 12.1 Å². The highest BCUT2D eigenvalue weighted by Crippen LogP contribution is 2.15. The van der Waals surface area contributed by atoms with Crippen molar-refractivity contribution < 1.29 is 37.9 Å². The van der Waals surface area contributed by atoms with Crippen molar-refractivity contribution in [2.45, 2.75) is 6.18 Å². The molecular formula is C16H12F3N3O6. The molecule has 2 aromatic rings. The Balaban J connectivity index is 0.000000480. The second-order valence-corrected chi connectivity index (χ2v) is 4.87. The van der Waals surface area contributed by atoms with Gasteiger partial charge in [-0.1, -0.05) is 12.1 Å². The average molecular weight is 399 g/mol. The van der Waals surface area contributed by atoms with Crippen molar-refractivity contribution in [3.05, 3.63) is 69.8 Å². The number of phenolic OH excluding ortho intramolecular Hbond substituents is 1. The van der Waals surface area contributed by atoms with Crippen LogP contribution in [-0.2, 0) is 4.79 Å². The number of carboxylic acids is 1. The number of non-ortho nitro benzene ring substituents is 1. The maximum Gasteiger partial charge on any atom is 0.490 e. The van der Waals surface area contributed by atoms with Gasteiger partial charge >= 0.3 is 12.1 Å². The summed E-state index contributed by atoms with van der Waals surface area (Å²) in [6, 6.07) is 11.8. The van der Waals surface area contributed by atoms with Crippen LogP contribution >= 0.6 is 0 Å². The number of halogens is 3. The number of carbonyl (C=O) groups excluding carboxylic acids is 1. The van der Waals surface area contributed by atoms with E-state index in [0.717, 1.165) is 0 Å². The smallest absolute Gasteiger partial charge is 0.490 e. The maximum atomic E-state index is 11.7. The molecule has 9 nitrogen and oxygen atoms in total. The first kappa shape index (κ1) is 22.1. The molecule has 3 N–H and O–H groups in total. The number of benzene rings is 2. The molecule has 148 valence electrons. The fourth-order valence-electron chi connectivity index (χ4n) is 1.57. The fourth-order valence-corrected chi connectivity index (χ4v) is 1.57. The molecule has 0 bridgehead atoms. The molecule has 0 radical (unpaired) electrons. The number of hydrazone groups is 1. The number of nitrogens with zero attached hydrogens (tertiary/aromatic N) is 2. The van der Waals surface area contributed by atoms with E-state index in [1.807, 2.05) is 0 Å². The zero-order valence-electron chi connectivity index (χ0n) is 13.8. The monoisotopic (exact) mass is 399 g/mol. The summed E-state index contributed by atoms with van der Waals surface area (Å²) in [6.07, 6.45) is -3.73. The number of alkyl halides is 3. The number of para-hydroxylation sites is 1. The summed E-state index contributed by atoms with van der Waals surface area (Å²) in [6.45, 7) is 0. The molecule has 0 aromatic heterocycles. The van der Waals surface area contributed by atoms with Crippen LogP contribution in [-0.4, -0.2) is 39.4 Å². The van der Waals surface area contributed by atoms with Crippen molar-refractivity contribution in [1.29, 1.82) is 0 Å². The highest BCUT2D eigenvalue weighted by atomic mass is 19.4. The Hall–Kier alpha value is -3.96. The van der Waals surface area contributed by atoms with Gasteiger partial charge in [0.15, 0.2) is 0 Å². The summed E-state index contributed by atoms with van der Waals surface area (Å²) in [5.41, 5.74) is 2.94. The molecule has 0 spiro atoms. The molecule has 2 aromatic carbocycles. The van der Waals surface area contributed by atoms with Crippen molar-refractivity contribution >= 4 is 23.8 Å². The lowest BCUT2D eigenvalue weighted by molar-refractivity contribution is -0.384. The van der Waals surface area contributed by atoms with E-state index < -0.39 is 23.0 Å². The van der Waals surface area contributed by atoms with Gasteiger partial charge in [0.2, 0.25) is 0 Å². The number of aromatic hydroxyl groups is 1. The number of nitro benzene ring substituents is 1. The van der Waals surface area contributed by atoms with Crippen molar-refractivity contribution in [1.82, 2.24) is 5.43 Å². The number of nitrogens with one attached hydrogen (secondary N) is 1. The van der Waals surface area contributed by atoms with E-state index in [1.165, 1.54) is 42.6 Å². The van der Waals surface area contributed by atoms with Gasteiger partial charge in [-0.25, -0.2) is 10.2 Å². The molecule has 0 atom stereocenters. The van der Waals surface area contributed by atoms with Gasteiger partial charge in [-0.05, 0) is 29.8 Å². The summed E-state index contributed by atoms with van der Waals surface area (Å²) in [5, 5.41) is 30.9. The van der Waals surface area contributed by atoms with Crippen molar-refractivity contribution in [2.75, 3.05) is 0 Å². The quantitative estimate of drug-likeness (QED) is 0.410. The first-order valence-electron chi connectivity index (χ1n) is 7.18. The predicted octanol–water partition coefficient (Wildman–Crippen LogP) is 2.70. The van der Waals surface area contributed by atoms with Crippen LogP contribution in [0, 0.1) is 10.1 Å². The molecule has 12 heteroatoms. The van der Waals surface area contributed by atoms with Gasteiger partial charge in [-0.3, -0.25) is 14.9 Å². The van der Waals surface area contributed by atoms with Crippen LogP contribution in [0.3, 0.4) is 0 Å². The molecular weight excluding hydrogens is 387 g/mol. The number of amides is 1. The van der Waals surface area contributed by atoms with Gasteiger partial charge in [0.1, 0.15) is 5.75 Å². The molecule has 0 saturated heterocycles. The lowest BCUT2D eigenvalue weighted by Gasteiger charge is -2.01. The Morgan fingerprint density at radius 2 is 1.64 bits per heavy atom. The first-order chi connectivity index (χ1) is 13.0. The zero-order valence-corrected chi connectivity index (χ0v) is 13.8. The Morgan fingerprint density at radius 1 is 1.11 bits per heavy atom. The first-order valence-corrected chi connectivity index (χ1v) is 7.18. The van der Waals surface area contributed by atoms with Crippen LogP contribution in [0.1, 0.15) is 15.9 Å². The van der Waals surface area contributed by atoms with Crippen LogP contribution in [0.15, 0.2) is 53.6 Å². The van der Waals surface area contributed by atoms with E-state index >= 15 is 0 Å². The lowest BCUT2D eigenvalue weighted by Crippen LogP contribution is -2.21. The Morgan fingerprint density at radius 3 is 2.11 bits per heavy atom. The number of carboxylic acid groups (broad SMARTS) is 1. The van der Waals surface area contributed by atoms with Gasteiger partial charge < -0.3 is 10.2 Å². The molecule has 0 aliphatic rings. The standard InChI is InChI=1S/C14H11N3O4.C2HF3O2/c18-13-4-2-1-3-12(13)14(19)16-15-9-10-5-7-11(8-6-10)17(20)21;3-2(4,5)1(6)7/h1-9,18H,(H,16,19);(H,6,7)/b15-9+;. The minimum atomic E-state index is -5.08. The largest absolute Gasteiger partial charge is 0.507 e. The van der Waals surface area contributed by atoms with Crippen molar-refractivity contribution in [3.8, 4) is 5.75 Å². The zero-order chi connectivity index (χ0) is 21.3. The van der Waals surface area contributed by atoms with Gasteiger partial charge in [0.25, 0.3) is 11.6 Å². The summed E-state index contributed by atoms with van der Waals surface area (Å²) >= 11 is 0. The van der Waals surface area contributed by atoms with E-state index in [2.05, 4.69) is 10.5 Å². The van der Waals surface area contributed by atoms with E-state index in [9.17, 15) is 33.2 Å². The topological polar surface area (TPSA) is 142 Å². The fraction of sp³-hybridized carbons (Fsp3) is 0.0625. The van der Waals surface area contributed by atoms with Crippen LogP contribution in [0.2, 0.25) is 0 Å². The van der Waals surface area contributed by atoms with E-state index in [4.69, 9.17) is 9.90 Å².